The third-order valence-electron chi connectivity index (χ3n) is 1.36. The summed E-state index contributed by atoms with van der Waals surface area (Å²) in [5.74, 6) is 3.07. The molecule has 0 fully saturated rings. The smallest absolute Gasteiger partial charge is 0.146 e. The molecule has 0 aromatic heterocycles. The van der Waals surface area contributed by atoms with Crippen LogP contribution in [0.5, 0.6) is 0 Å². The van der Waals surface area contributed by atoms with E-state index in [9.17, 15) is 0 Å². The van der Waals surface area contributed by atoms with Gasteiger partial charge < -0.3 is 14.2 Å². The number of ether oxygens (including phenoxy) is 3. The Morgan fingerprint density at radius 3 is 2.07 bits per heavy atom. The molecule has 0 aromatic rings. The summed E-state index contributed by atoms with van der Waals surface area (Å²) < 4.78 is 15.5. The van der Waals surface area contributed by atoms with E-state index >= 15 is 0 Å². The molecule has 0 spiro atoms. The monoisotopic (exact) mass is 272 g/mol. The fourth-order valence-corrected chi connectivity index (χ4v) is 2.70. The Balaban J connectivity index is 2.81. The van der Waals surface area contributed by atoms with Crippen LogP contribution < -0.4 is 0 Å². The van der Waals surface area contributed by atoms with Crippen LogP contribution in [0.2, 0.25) is 0 Å². The van der Waals surface area contributed by atoms with Crippen LogP contribution >= 0.6 is 33.3 Å². The van der Waals surface area contributed by atoms with Crippen molar-refractivity contribution in [3.05, 3.63) is 0 Å². The number of thioether (sulfide) groups is 1. The first-order chi connectivity index (χ1) is 7.41. The van der Waals surface area contributed by atoms with E-state index in [0.717, 1.165) is 37.1 Å². The SMILES string of the molecule is COCCSSCCOCOCCSC. The van der Waals surface area contributed by atoms with Crippen LogP contribution in [0.1, 0.15) is 0 Å². The van der Waals surface area contributed by atoms with E-state index in [1.165, 1.54) is 0 Å². The fourth-order valence-electron chi connectivity index (χ4n) is 0.647. The zero-order valence-electron chi connectivity index (χ0n) is 9.40. The van der Waals surface area contributed by atoms with Crippen LogP contribution in [0.4, 0.5) is 0 Å². The minimum Gasteiger partial charge on any atom is -0.384 e. The molecule has 0 aromatic carbocycles. The van der Waals surface area contributed by atoms with E-state index in [2.05, 4.69) is 6.26 Å². The topological polar surface area (TPSA) is 27.7 Å². The molecule has 0 saturated carbocycles. The van der Waals surface area contributed by atoms with Crippen molar-refractivity contribution < 1.29 is 14.2 Å². The van der Waals surface area contributed by atoms with E-state index in [0.29, 0.717) is 6.79 Å². The molecule has 0 radical (unpaired) electrons. The van der Waals surface area contributed by atoms with Gasteiger partial charge in [-0.15, -0.1) is 0 Å². The van der Waals surface area contributed by atoms with Gasteiger partial charge in [-0.2, -0.15) is 11.8 Å². The van der Waals surface area contributed by atoms with Crippen molar-refractivity contribution in [3.63, 3.8) is 0 Å². The van der Waals surface area contributed by atoms with Crippen molar-refractivity contribution in [2.75, 3.05) is 57.2 Å². The zero-order valence-corrected chi connectivity index (χ0v) is 11.8. The van der Waals surface area contributed by atoms with Gasteiger partial charge in [-0.3, -0.25) is 0 Å². The molecular formula is C9H20O3S3. The summed E-state index contributed by atoms with van der Waals surface area (Å²) in [6, 6.07) is 0. The molecule has 6 heteroatoms. The molecular weight excluding hydrogens is 252 g/mol. The maximum Gasteiger partial charge on any atom is 0.146 e. The van der Waals surface area contributed by atoms with Gasteiger partial charge in [0.25, 0.3) is 0 Å². The van der Waals surface area contributed by atoms with E-state index in [1.54, 1.807) is 18.9 Å². The average molecular weight is 272 g/mol. The predicted octanol–water partition coefficient (Wildman–Crippen LogP) is 2.37. The minimum absolute atomic E-state index is 0.420. The van der Waals surface area contributed by atoms with Crippen LogP contribution in [0.3, 0.4) is 0 Å². The molecule has 0 rings (SSSR count). The largest absolute Gasteiger partial charge is 0.384 e. The van der Waals surface area contributed by atoms with Gasteiger partial charge in [-0.05, 0) is 6.26 Å². The molecule has 3 nitrogen and oxygen atoms in total. The molecule has 0 aliphatic heterocycles. The highest BCUT2D eigenvalue weighted by Gasteiger charge is 1.92. The van der Waals surface area contributed by atoms with Gasteiger partial charge >= 0.3 is 0 Å². The van der Waals surface area contributed by atoms with Crippen LogP contribution in [0.15, 0.2) is 0 Å². The van der Waals surface area contributed by atoms with Gasteiger partial charge in [0.2, 0.25) is 0 Å². The molecule has 0 saturated heterocycles. The Morgan fingerprint density at radius 2 is 1.47 bits per heavy atom. The van der Waals surface area contributed by atoms with Gasteiger partial charge in [0, 0.05) is 24.4 Å². The summed E-state index contributed by atoms with van der Waals surface area (Å²) in [4.78, 5) is 0. The molecule has 0 unspecified atom stereocenters. The van der Waals surface area contributed by atoms with E-state index in [-0.39, 0.29) is 0 Å². The first-order valence-electron chi connectivity index (χ1n) is 4.79. The lowest BCUT2D eigenvalue weighted by molar-refractivity contribution is -0.0425. The minimum atomic E-state index is 0.420. The van der Waals surface area contributed by atoms with E-state index < -0.39 is 0 Å². The maximum atomic E-state index is 5.29. The summed E-state index contributed by atoms with van der Waals surface area (Å²) in [5.41, 5.74) is 0. The summed E-state index contributed by atoms with van der Waals surface area (Å²) in [5, 5.41) is 0. The zero-order chi connectivity index (χ0) is 11.2. The third-order valence-corrected chi connectivity index (χ3v) is 4.27. The summed E-state index contributed by atoms with van der Waals surface area (Å²) in [7, 11) is 5.35. The molecule has 0 aliphatic carbocycles. The van der Waals surface area contributed by atoms with Crippen molar-refractivity contribution >= 4 is 33.3 Å². The van der Waals surface area contributed by atoms with Gasteiger partial charge in [-0.25, -0.2) is 0 Å². The van der Waals surface area contributed by atoms with Gasteiger partial charge in [-0.1, -0.05) is 21.6 Å². The second kappa shape index (κ2) is 14.9. The van der Waals surface area contributed by atoms with Crippen molar-refractivity contribution in [1.29, 1.82) is 0 Å². The van der Waals surface area contributed by atoms with Crippen LogP contribution in [0, 0.1) is 0 Å². The third kappa shape index (κ3) is 14.9. The Hall–Kier alpha value is 0.930. The van der Waals surface area contributed by atoms with Crippen molar-refractivity contribution in [1.82, 2.24) is 0 Å². The molecule has 15 heavy (non-hydrogen) atoms. The standard InChI is InChI=1S/C9H20O3S3/c1-10-3-7-14-15-8-5-12-9-11-4-6-13-2/h3-9H2,1-2H3. The fraction of sp³-hybridized carbons (Fsp3) is 1.00. The quantitative estimate of drug-likeness (QED) is 0.308. The maximum absolute atomic E-state index is 5.29. The molecule has 0 heterocycles. The second-order valence-electron chi connectivity index (χ2n) is 2.56. The summed E-state index contributed by atoms with van der Waals surface area (Å²) in [6.07, 6.45) is 2.07. The van der Waals surface area contributed by atoms with Gasteiger partial charge in [0.05, 0.1) is 19.8 Å². The number of rotatable bonds is 12. The van der Waals surface area contributed by atoms with Crippen molar-refractivity contribution in [2.24, 2.45) is 0 Å². The number of methoxy groups -OCH3 is 1. The first kappa shape index (κ1) is 15.9. The molecule has 0 atom stereocenters. The predicted molar refractivity (Wildman–Crippen MR) is 71.9 cm³/mol. The molecule has 0 N–H and O–H groups in total. The van der Waals surface area contributed by atoms with Crippen LogP contribution in [-0.2, 0) is 14.2 Å². The highest BCUT2D eigenvalue weighted by molar-refractivity contribution is 8.76. The van der Waals surface area contributed by atoms with Gasteiger partial charge in [0.15, 0.2) is 0 Å². The van der Waals surface area contributed by atoms with Crippen molar-refractivity contribution in [3.8, 4) is 0 Å². The number of hydrogen-bond acceptors (Lipinski definition) is 6. The molecule has 0 bridgehead atoms. The lowest BCUT2D eigenvalue weighted by Gasteiger charge is -2.04. The normalized spacial score (nSPS) is 10.8. The van der Waals surface area contributed by atoms with E-state index in [1.807, 2.05) is 21.6 Å². The molecule has 92 valence electrons. The van der Waals surface area contributed by atoms with Crippen LogP contribution in [-0.4, -0.2) is 57.2 Å². The Morgan fingerprint density at radius 1 is 0.867 bits per heavy atom. The lowest BCUT2D eigenvalue weighted by atomic mass is 10.8. The first-order valence-corrected chi connectivity index (χ1v) is 8.67. The Bertz CT molecular complexity index is 105. The Labute approximate surface area is 105 Å². The molecule has 0 aliphatic rings. The Kier molecular flexibility index (Phi) is 15.9. The average Bonchev–Trinajstić information content (AvgIpc) is 2.26. The van der Waals surface area contributed by atoms with Crippen molar-refractivity contribution in [2.45, 2.75) is 0 Å². The van der Waals surface area contributed by atoms with E-state index in [4.69, 9.17) is 14.2 Å². The van der Waals surface area contributed by atoms with Gasteiger partial charge in [0.1, 0.15) is 6.79 Å². The highest BCUT2D eigenvalue weighted by Crippen LogP contribution is 2.19. The second-order valence-corrected chi connectivity index (χ2v) is 6.25. The molecule has 0 amide bonds. The summed E-state index contributed by atoms with van der Waals surface area (Å²) >= 11 is 1.78. The highest BCUT2D eigenvalue weighted by atomic mass is 33.1. The lowest BCUT2D eigenvalue weighted by Crippen LogP contribution is -2.05. The summed E-state index contributed by atoms with van der Waals surface area (Å²) in [6.45, 7) is 2.76. The van der Waals surface area contributed by atoms with Crippen LogP contribution in [0.25, 0.3) is 0 Å². The number of hydrogen-bond donors (Lipinski definition) is 0.